The monoisotopic (exact) mass is 464 g/mol. The van der Waals surface area contributed by atoms with Gasteiger partial charge in [-0.1, -0.05) is 74.4 Å². The van der Waals surface area contributed by atoms with Crippen molar-refractivity contribution in [1.29, 1.82) is 0 Å². The number of hydrogen-bond acceptors (Lipinski definition) is 4. The number of phenolic OH excluding ortho intramolecular Hbond substituents is 4. The SMILES string of the molecule is CCCCC(c1ccccc1)(c1c(O)ccc2cc(O)ccc12)c1c(O)ccc2cc(O)ccc12. The minimum atomic E-state index is -0.904. The van der Waals surface area contributed by atoms with Crippen LogP contribution in [-0.4, -0.2) is 20.4 Å². The molecular weight excluding hydrogens is 436 g/mol. The standard InChI is InChI=1S/C31H28O4/c1-2-3-17-31(22-7-5-4-6-8-22,29-25-13-11-23(32)18-20(25)9-15-27(29)34)30-26-14-12-24(33)19-21(26)10-16-28(30)35/h4-16,18-19,32-35H,2-3,17H2,1H3. The first-order valence-corrected chi connectivity index (χ1v) is 11.9. The highest BCUT2D eigenvalue weighted by molar-refractivity contribution is 5.96. The van der Waals surface area contributed by atoms with Gasteiger partial charge in [-0.2, -0.15) is 0 Å². The first-order valence-electron chi connectivity index (χ1n) is 11.9. The molecule has 0 saturated heterocycles. The normalized spacial score (nSPS) is 11.8. The van der Waals surface area contributed by atoms with Gasteiger partial charge in [0.15, 0.2) is 0 Å². The van der Waals surface area contributed by atoms with Gasteiger partial charge >= 0.3 is 0 Å². The van der Waals surface area contributed by atoms with Crippen LogP contribution in [-0.2, 0) is 5.41 Å². The Kier molecular flexibility index (Phi) is 5.73. The molecule has 0 aliphatic carbocycles. The largest absolute Gasteiger partial charge is 0.508 e. The molecule has 0 aliphatic rings. The fraction of sp³-hybridized carbons (Fsp3) is 0.161. The van der Waals surface area contributed by atoms with Crippen molar-refractivity contribution in [1.82, 2.24) is 0 Å². The average molecular weight is 465 g/mol. The Hall–Kier alpha value is -4.18. The zero-order valence-electron chi connectivity index (χ0n) is 19.6. The van der Waals surface area contributed by atoms with Gasteiger partial charge in [0.05, 0.1) is 5.41 Å². The maximum Gasteiger partial charge on any atom is 0.120 e. The van der Waals surface area contributed by atoms with Crippen LogP contribution in [0.15, 0.2) is 91.0 Å². The number of phenols is 4. The quantitative estimate of drug-likeness (QED) is 0.198. The zero-order chi connectivity index (χ0) is 24.6. The zero-order valence-corrected chi connectivity index (χ0v) is 19.6. The molecular formula is C31H28O4. The molecule has 4 nitrogen and oxygen atoms in total. The number of rotatable bonds is 6. The molecule has 4 heteroatoms. The summed E-state index contributed by atoms with van der Waals surface area (Å²) in [6.45, 7) is 2.12. The third kappa shape index (κ3) is 3.71. The molecule has 5 aromatic carbocycles. The molecule has 5 rings (SSSR count). The van der Waals surface area contributed by atoms with E-state index in [9.17, 15) is 20.4 Å². The number of fused-ring (bicyclic) bond motifs is 2. The number of aromatic hydroxyl groups is 4. The Labute approximate surface area is 204 Å². The van der Waals surface area contributed by atoms with Crippen molar-refractivity contribution < 1.29 is 20.4 Å². The summed E-state index contributed by atoms with van der Waals surface area (Å²) in [6.07, 6.45) is 2.40. The lowest BCUT2D eigenvalue weighted by Crippen LogP contribution is -2.30. The van der Waals surface area contributed by atoms with Crippen LogP contribution in [0, 0.1) is 0 Å². The highest BCUT2D eigenvalue weighted by Gasteiger charge is 2.42. The second-order valence-corrected chi connectivity index (χ2v) is 9.11. The Morgan fingerprint density at radius 2 is 1.11 bits per heavy atom. The second-order valence-electron chi connectivity index (χ2n) is 9.11. The van der Waals surface area contributed by atoms with Gasteiger partial charge in [0, 0.05) is 11.1 Å². The molecule has 176 valence electrons. The summed E-state index contributed by atoms with van der Waals surface area (Å²) in [4.78, 5) is 0. The van der Waals surface area contributed by atoms with E-state index in [1.807, 2.05) is 42.5 Å². The molecule has 0 saturated carbocycles. The van der Waals surface area contributed by atoms with Crippen molar-refractivity contribution in [2.24, 2.45) is 0 Å². The smallest absolute Gasteiger partial charge is 0.120 e. The van der Waals surface area contributed by atoms with Crippen LogP contribution in [0.5, 0.6) is 23.0 Å². The molecule has 0 aliphatic heterocycles. The molecule has 4 N–H and O–H groups in total. The third-order valence-corrected chi connectivity index (χ3v) is 6.99. The summed E-state index contributed by atoms with van der Waals surface area (Å²) in [5.41, 5.74) is 1.41. The van der Waals surface area contributed by atoms with E-state index in [0.29, 0.717) is 17.5 Å². The van der Waals surface area contributed by atoms with Gasteiger partial charge in [0.25, 0.3) is 0 Å². The van der Waals surface area contributed by atoms with Crippen molar-refractivity contribution in [3.05, 3.63) is 108 Å². The van der Waals surface area contributed by atoms with Gasteiger partial charge < -0.3 is 20.4 Å². The summed E-state index contributed by atoms with van der Waals surface area (Å²) >= 11 is 0. The first-order chi connectivity index (χ1) is 17.0. The summed E-state index contributed by atoms with van der Waals surface area (Å²) in [5, 5.41) is 46.4. The van der Waals surface area contributed by atoms with E-state index in [1.54, 1.807) is 48.5 Å². The predicted molar refractivity (Wildman–Crippen MR) is 140 cm³/mol. The van der Waals surface area contributed by atoms with Gasteiger partial charge in [-0.3, -0.25) is 0 Å². The fourth-order valence-corrected chi connectivity index (χ4v) is 5.48. The van der Waals surface area contributed by atoms with Crippen LogP contribution < -0.4 is 0 Å². The van der Waals surface area contributed by atoms with Crippen LogP contribution in [0.3, 0.4) is 0 Å². The lowest BCUT2D eigenvalue weighted by atomic mass is 9.64. The van der Waals surface area contributed by atoms with Crippen molar-refractivity contribution in [2.75, 3.05) is 0 Å². The first kappa shape index (κ1) is 22.6. The lowest BCUT2D eigenvalue weighted by molar-refractivity contribution is 0.424. The van der Waals surface area contributed by atoms with Gasteiger partial charge in [-0.15, -0.1) is 0 Å². The number of unbranched alkanes of at least 4 members (excludes halogenated alkanes) is 1. The van der Waals surface area contributed by atoms with Crippen LogP contribution in [0.2, 0.25) is 0 Å². The summed E-state index contributed by atoms with van der Waals surface area (Å²) in [5.74, 6) is 0.546. The molecule has 0 heterocycles. The van der Waals surface area contributed by atoms with Crippen LogP contribution >= 0.6 is 0 Å². The second kappa shape index (κ2) is 8.88. The highest BCUT2D eigenvalue weighted by atomic mass is 16.3. The predicted octanol–water partition coefficient (Wildman–Crippen LogP) is 7.34. The molecule has 0 unspecified atom stereocenters. The molecule has 0 fully saturated rings. The Morgan fingerprint density at radius 3 is 1.60 bits per heavy atom. The topological polar surface area (TPSA) is 80.9 Å². The van der Waals surface area contributed by atoms with Crippen LogP contribution in [0.1, 0.15) is 42.9 Å². The molecule has 0 bridgehead atoms. The van der Waals surface area contributed by atoms with E-state index in [1.165, 1.54) is 0 Å². The van der Waals surface area contributed by atoms with Gasteiger partial charge in [0.2, 0.25) is 0 Å². The average Bonchev–Trinajstić information content (AvgIpc) is 2.86. The van der Waals surface area contributed by atoms with Gasteiger partial charge in [-0.25, -0.2) is 0 Å². The van der Waals surface area contributed by atoms with E-state index in [2.05, 4.69) is 6.92 Å². The Balaban J connectivity index is 2.02. The van der Waals surface area contributed by atoms with E-state index < -0.39 is 5.41 Å². The maximum absolute atomic E-state index is 11.5. The van der Waals surface area contributed by atoms with E-state index in [4.69, 9.17) is 0 Å². The van der Waals surface area contributed by atoms with Gasteiger partial charge in [0.1, 0.15) is 23.0 Å². The molecule has 0 spiro atoms. The van der Waals surface area contributed by atoms with Crippen molar-refractivity contribution >= 4 is 21.5 Å². The van der Waals surface area contributed by atoms with Crippen LogP contribution in [0.25, 0.3) is 21.5 Å². The Morgan fingerprint density at radius 1 is 0.600 bits per heavy atom. The van der Waals surface area contributed by atoms with E-state index in [-0.39, 0.29) is 23.0 Å². The summed E-state index contributed by atoms with van der Waals surface area (Å²) in [7, 11) is 0. The number of hydrogen-bond donors (Lipinski definition) is 4. The fourth-order valence-electron chi connectivity index (χ4n) is 5.48. The van der Waals surface area contributed by atoms with Gasteiger partial charge in [-0.05, 0) is 69.9 Å². The Bertz CT molecular complexity index is 1430. The van der Waals surface area contributed by atoms with Crippen LogP contribution in [0.4, 0.5) is 0 Å². The lowest BCUT2D eigenvalue weighted by Gasteiger charge is -2.38. The molecule has 0 atom stereocenters. The molecule has 0 aromatic heterocycles. The molecule has 35 heavy (non-hydrogen) atoms. The highest BCUT2D eigenvalue weighted by Crippen LogP contribution is 2.54. The van der Waals surface area contributed by atoms with Crippen molar-refractivity contribution in [3.63, 3.8) is 0 Å². The summed E-state index contributed by atoms with van der Waals surface area (Å²) < 4.78 is 0. The maximum atomic E-state index is 11.5. The number of benzene rings is 5. The van der Waals surface area contributed by atoms with Crippen molar-refractivity contribution in [3.8, 4) is 23.0 Å². The molecule has 5 aromatic rings. The third-order valence-electron chi connectivity index (χ3n) is 6.99. The summed E-state index contributed by atoms with van der Waals surface area (Å²) in [6, 6.07) is 27.2. The van der Waals surface area contributed by atoms with E-state index >= 15 is 0 Å². The molecule has 0 amide bonds. The molecule has 0 radical (unpaired) electrons. The minimum Gasteiger partial charge on any atom is -0.508 e. The van der Waals surface area contributed by atoms with Crippen molar-refractivity contribution in [2.45, 2.75) is 31.6 Å². The van der Waals surface area contributed by atoms with E-state index in [0.717, 1.165) is 39.9 Å². The minimum absolute atomic E-state index is 0.123.